The summed E-state index contributed by atoms with van der Waals surface area (Å²) in [5.74, 6) is -1.20. The van der Waals surface area contributed by atoms with Crippen LogP contribution in [0, 0.1) is 6.57 Å². The van der Waals surface area contributed by atoms with Crippen molar-refractivity contribution in [1.82, 2.24) is 9.91 Å². The number of esters is 2. The molecule has 138 valence electrons. The first-order valence-corrected chi connectivity index (χ1v) is 7.44. The van der Waals surface area contributed by atoms with Crippen molar-refractivity contribution in [2.24, 2.45) is 0 Å². The van der Waals surface area contributed by atoms with Crippen LogP contribution in [0.25, 0.3) is 4.95 Å². The SMILES string of the molecule is [C-]#[N+]N(CCO)C(=O)N(CCOC(=O)C(=C)C)CCOC(=O)C(=C)C. The van der Waals surface area contributed by atoms with Gasteiger partial charge >= 0.3 is 18.0 Å². The second-order valence-electron chi connectivity index (χ2n) is 5.05. The molecule has 0 saturated carbocycles. The molecule has 1 N–H and O–H groups in total. The van der Waals surface area contributed by atoms with Crippen molar-refractivity contribution >= 4 is 18.0 Å². The normalized spacial score (nSPS) is 9.52. The number of nitrogens with zero attached hydrogens (tertiary/aromatic N) is 3. The van der Waals surface area contributed by atoms with Gasteiger partial charge in [0, 0.05) is 11.1 Å². The van der Waals surface area contributed by atoms with E-state index in [1.165, 1.54) is 18.7 Å². The van der Waals surface area contributed by atoms with Gasteiger partial charge in [-0.1, -0.05) is 13.2 Å². The molecule has 0 aromatic heterocycles. The maximum atomic E-state index is 12.3. The van der Waals surface area contributed by atoms with Crippen LogP contribution in [0.2, 0.25) is 0 Å². The molecule has 9 heteroatoms. The van der Waals surface area contributed by atoms with Gasteiger partial charge in [-0.05, 0) is 18.9 Å². The first-order chi connectivity index (χ1) is 11.7. The van der Waals surface area contributed by atoms with E-state index in [0.29, 0.717) is 0 Å². The van der Waals surface area contributed by atoms with E-state index in [1.54, 1.807) is 0 Å². The Labute approximate surface area is 146 Å². The van der Waals surface area contributed by atoms with Gasteiger partial charge in [0.15, 0.2) is 0 Å². The van der Waals surface area contributed by atoms with Gasteiger partial charge in [-0.25, -0.2) is 14.4 Å². The summed E-state index contributed by atoms with van der Waals surface area (Å²) in [4.78, 5) is 39.2. The number of hydrogen-bond donors (Lipinski definition) is 1. The number of carbonyl (C=O) groups excluding carboxylic acids is 3. The van der Waals surface area contributed by atoms with Crippen molar-refractivity contribution in [3.63, 3.8) is 0 Å². The number of rotatable bonds is 10. The molecule has 0 unspecified atom stereocenters. The molecule has 0 spiro atoms. The van der Waals surface area contributed by atoms with Crippen molar-refractivity contribution in [3.8, 4) is 0 Å². The van der Waals surface area contributed by atoms with E-state index >= 15 is 0 Å². The van der Waals surface area contributed by atoms with Crippen molar-refractivity contribution < 1.29 is 29.0 Å². The predicted octanol–water partition coefficient (Wildman–Crippen LogP) is 0.776. The Hall–Kier alpha value is -2.86. The number of urea groups is 1. The van der Waals surface area contributed by atoms with E-state index in [9.17, 15) is 14.4 Å². The Bertz CT molecular complexity index is 535. The fourth-order valence-electron chi connectivity index (χ4n) is 1.49. The highest BCUT2D eigenvalue weighted by Gasteiger charge is 2.25. The van der Waals surface area contributed by atoms with Gasteiger partial charge in [-0.2, -0.15) is 11.5 Å². The number of amides is 2. The molecule has 25 heavy (non-hydrogen) atoms. The molecule has 0 rings (SSSR count). The lowest BCUT2D eigenvalue weighted by molar-refractivity contribution is -0.139. The standard InChI is InChI=1S/C16H23N3O6/c1-12(2)14(21)24-10-7-18(8-11-25-15(22)13(3)4)16(23)19(17-5)6-9-20/h20H,1,3,6-11H2,2,4H3. The summed E-state index contributed by atoms with van der Waals surface area (Å²) < 4.78 is 9.85. The highest BCUT2D eigenvalue weighted by Crippen LogP contribution is 2.02. The van der Waals surface area contributed by atoms with Gasteiger partial charge in [-0.3, -0.25) is 0 Å². The van der Waals surface area contributed by atoms with Gasteiger partial charge in [0.1, 0.15) is 19.8 Å². The molecule has 0 aromatic rings. The highest BCUT2D eigenvalue weighted by molar-refractivity contribution is 5.87. The van der Waals surface area contributed by atoms with Crippen LogP contribution in [0.5, 0.6) is 0 Å². The zero-order valence-electron chi connectivity index (χ0n) is 14.5. The fourth-order valence-corrected chi connectivity index (χ4v) is 1.49. The first-order valence-electron chi connectivity index (χ1n) is 7.44. The quantitative estimate of drug-likeness (QED) is 0.269. The molecular formula is C16H23N3O6. The third-order valence-corrected chi connectivity index (χ3v) is 2.81. The summed E-state index contributed by atoms with van der Waals surface area (Å²) in [5, 5.41) is 9.64. The number of ether oxygens (including phenoxy) is 2. The zero-order chi connectivity index (χ0) is 19.4. The second-order valence-corrected chi connectivity index (χ2v) is 5.05. The molecule has 0 aliphatic heterocycles. The third-order valence-electron chi connectivity index (χ3n) is 2.81. The van der Waals surface area contributed by atoms with E-state index < -0.39 is 18.0 Å². The molecular weight excluding hydrogens is 330 g/mol. The molecule has 9 nitrogen and oxygen atoms in total. The Morgan fingerprint density at radius 3 is 1.76 bits per heavy atom. The maximum absolute atomic E-state index is 12.3. The lowest BCUT2D eigenvalue weighted by Gasteiger charge is -2.23. The molecule has 0 saturated heterocycles. The van der Waals surface area contributed by atoms with Gasteiger partial charge in [0.2, 0.25) is 0 Å². The van der Waals surface area contributed by atoms with Crippen molar-refractivity contribution in [1.29, 1.82) is 0 Å². The zero-order valence-corrected chi connectivity index (χ0v) is 14.5. The monoisotopic (exact) mass is 353 g/mol. The van der Waals surface area contributed by atoms with Crippen molar-refractivity contribution in [2.45, 2.75) is 13.8 Å². The molecule has 0 bridgehead atoms. The van der Waals surface area contributed by atoms with Crippen LogP contribution in [0.1, 0.15) is 13.8 Å². The third kappa shape index (κ3) is 8.53. The van der Waals surface area contributed by atoms with E-state index in [4.69, 9.17) is 21.2 Å². The maximum Gasteiger partial charge on any atom is 0.385 e. The lowest BCUT2D eigenvalue weighted by Crippen LogP contribution is -2.44. The van der Waals surface area contributed by atoms with E-state index in [-0.39, 0.29) is 50.6 Å². The summed E-state index contributed by atoms with van der Waals surface area (Å²) in [6, 6.07) is -0.693. The topological polar surface area (TPSA) is 101 Å². The van der Waals surface area contributed by atoms with Gasteiger partial charge in [-0.15, -0.1) is 0 Å². The molecule has 0 radical (unpaired) electrons. The van der Waals surface area contributed by atoms with E-state index in [1.807, 2.05) is 0 Å². The highest BCUT2D eigenvalue weighted by atomic mass is 16.5. The average Bonchev–Trinajstić information content (AvgIpc) is 2.56. The second kappa shape index (κ2) is 11.6. The Balaban J connectivity index is 4.79. The Morgan fingerprint density at radius 2 is 1.44 bits per heavy atom. The van der Waals surface area contributed by atoms with Crippen LogP contribution in [-0.4, -0.2) is 72.4 Å². The molecule has 0 aliphatic rings. The number of aliphatic hydroxyl groups excluding tert-OH is 1. The molecule has 0 atom stereocenters. The largest absolute Gasteiger partial charge is 0.460 e. The summed E-state index contributed by atoms with van der Waals surface area (Å²) in [7, 11) is 0. The van der Waals surface area contributed by atoms with Crippen LogP contribution in [-0.2, 0) is 19.1 Å². The lowest BCUT2D eigenvalue weighted by atomic mass is 10.4. The smallest absolute Gasteiger partial charge is 0.385 e. The van der Waals surface area contributed by atoms with Crippen LogP contribution in [0.3, 0.4) is 0 Å². The molecule has 2 amide bonds. The van der Waals surface area contributed by atoms with Gasteiger partial charge < -0.3 is 19.5 Å². The summed E-state index contributed by atoms with van der Waals surface area (Å²) >= 11 is 0. The minimum Gasteiger partial charge on any atom is -0.460 e. The van der Waals surface area contributed by atoms with Crippen LogP contribution >= 0.6 is 0 Å². The fraction of sp³-hybridized carbons (Fsp3) is 0.500. The van der Waals surface area contributed by atoms with Gasteiger partial charge in [0.25, 0.3) is 0 Å². The molecule has 0 heterocycles. The summed E-state index contributed by atoms with van der Waals surface area (Å²) in [6.45, 7) is 16.0. The number of hydrogen-bond acceptors (Lipinski definition) is 6. The summed E-state index contributed by atoms with van der Waals surface area (Å²) in [6.07, 6.45) is 0. The van der Waals surface area contributed by atoms with Crippen molar-refractivity contribution in [3.05, 3.63) is 35.8 Å². The molecule has 0 aromatic carbocycles. The number of aliphatic hydroxyl groups is 1. The summed E-state index contributed by atoms with van der Waals surface area (Å²) in [5.41, 5.74) is 0.438. The van der Waals surface area contributed by atoms with Crippen LogP contribution in [0.4, 0.5) is 4.79 Å². The Kier molecular flexibility index (Phi) is 10.3. The van der Waals surface area contributed by atoms with E-state index in [0.717, 1.165) is 5.01 Å². The number of carbonyl (C=O) groups is 3. The molecule has 0 fully saturated rings. The van der Waals surface area contributed by atoms with Crippen molar-refractivity contribution in [2.75, 3.05) is 39.5 Å². The van der Waals surface area contributed by atoms with E-state index in [2.05, 4.69) is 18.1 Å². The minimum absolute atomic E-state index is 0.0140. The van der Waals surface area contributed by atoms with Crippen LogP contribution in [0.15, 0.2) is 24.3 Å². The van der Waals surface area contributed by atoms with Gasteiger partial charge in [0.05, 0.1) is 19.7 Å². The minimum atomic E-state index is -0.693. The first kappa shape index (κ1) is 22.1. The predicted molar refractivity (Wildman–Crippen MR) is 88.9 cm³/mol. The van der Waals surface area contributed by atoms with Crippen LogP contribution < -0.4 is 0 Å². The Morgan fingerprint density at radius 1 is 1.00 bits per heavy atom. The molecule has 0 aliphatic carbocycles. The average molecular weight is 353 g/mol.